The third kappa shape index (κ3) is 3.67. The highest BCUT2D eigenvalue weighted by Crippen LogP contribution is 2.40. The summed E-state index contributed by atoms with van der Waals surface area (Å²) in [6.45, 7) is 4.25. The van der Waals surface area contributed by atoms with Gasteiger partial charge in [-0.25, -0.2) is 0 Å². The van der Waals surface area contributed by atoms with E-state index in [1.165, 1.54) is 40.6 Å². The number of rotatable bonds is 5. The number of aryl methyl sites for hydroxylation is 2. The van der Waals surface area contributed by atoms with Gasteiger partial charge in [0.1, 0.15) is 0 Å². The van der Waals surface area contributed by atoms with Crippen LogP contribution < -0.4 is 0 Å². The summed E-state index contributed by atoms with van der Waals surface area (Å²) in [5, 5.41) is 1.93. The lowest BCUT2D eigenvalue weighted by Crippen LogP contribution is -1.88. The molecule has 0 amide bonds. The van der Waals surface area contributed by atoms with Crippen molar-refractivity contribution in [2.24, 2.45) is 0 Å². The molecule has 0 saturated carbocycles. The number of ketones is 1. The quantitative estimate of drug-likeness (QED) is 0.241. The molecule has 0 aliphatic carbocycles. The number of carbonyl (C=O) groups is 1. The highest BCUT2D eigenvalue weighted by atomic mass is 32.1. The second-order valence-electron chi connectivity index (χ2n) is 5.87. The van der Waals surface area contributed by atoms with E-state index in [0.29, 0.717) is 0 Å². The summed E-state index contributed by atoms with van der Waals surface area (Å²) in [5.74, 6) is 0.0682. The predicted octanol–water partition coefficient (Wildman–Crippen LogP) is 7.78. The van der Waals surface area contributed by atoms with E-state index in [-0.39, 0.29) is 5.78 Å². The van der Waals surface area contributed by atoms with Crippen molar-refractivity contribution in [3.05, 3.63) is 74.1 Å². The van der Waals surface area contributed by atoms with Crippen molar-refractivity contribution in [3.63, 3.8) is 0 Å². The lowest BCUT2D eigenvalue weighted by Gasteiger charge is -1.91. The number of hydrogen-bond donors (Lipinski definition) is 0. The van der Waals surface area contributed by atoms with Crippen LogP contribution in [0.25, 0.3) is 25.6 Å². The fourth-order valence-electron chi connectivity index (χ4n) is 2.62. The Morgan fingerprint density at radius 1 is 0.885 bits per heavy atom. The van der Waals surface area contributed by atoms with Crippen LogP contribution in [-0.2, 0) is 0 Å². The molecule has 4 rings (SSSR count). The van der Waals surface area contributed by atoms with E-state index in [9.17, 15) is 4.79 Å². The van der Waals surface area contributed by atoms with Gasteiger partial charge in [-0.1, -0.05) is 6.07 Å². The maximum Gasteiger partial charge on any atom is 0.195 e. The molecule has 0 radical (unpaired) electrons. The molecule has 0 aliphatic rings. The average molecular weight is 413 g/mol. The van der Waals surface area contributed by atoms with Gasteiger partial charge >= 0.3 is 0 Å². The van der Waals surface area contributed by atoms with Crippen molar-refractivity contribution < 1.29 is 4.79 Å². The fraction of sp³-hybridized carbons (Fsp3) is 0.0952. The Morgan fingerprint density at radius 2 is 1.62 bits per heavy atom. The standard InChI is InChI=1S/C21H16OS4/c1-13-5-8-18(24-13)19-9-10-20(26-19)21-12-15(14(2)25-21)6-7-16(22)17-4-3-11-23-17/h3-12H,1-2H3/b7-6+. The van der Waals surface area contributed by atoms with Crippen molar-refractivity contribution in [2.45, 2.75) is 13.8 Å². The fourth-order valence-corrected chi connectivity index (χ4v) is 6.32. The molecule has 4 heterocycles. The van der Waals surface area contributed by atoms with Crippen LogP contribution in [-0.4, -0.2) is 5.78 Å². The molecule has 0 atom stereocenters. The topological polar surface area (TPSA) is 17.1 Å². The molecule has 0 spiro atoms. The Kier molecular flexibility index (Phi) is 5.05. The summed E-state index contributed by atoms with van der Waals surface area (Å²) < 4.78 is 0. The van der Waals surface area contributed by atoms with Crippen LogP contribution in [0.3, 0.4) is 0 Å². The van der Waals surface area contributed by atoms with Crippen molar-refractivity contribution in [1.82, 2.24) is 0 Å². The number of allylic oxidation sites excluding steroid dienone is 1. The van der Waals surface area contributed by atoms with E-state index >= 15 is 0 Å². The normalized spacial score (nSPS) is 11.5. The van der Waals surface area contributed by atoms with Gasteiger partial charge in [-0.2, -0.15) is 0 Å². The lowest BCUT2D eigenvalue weighted by atomic mass is 10.2. The van der Waals surface area contributed by atoms with Gasteiger partial charge in [0.2, 0.25) is 0 Å². The number of hydrogen-bond acceptors (Lipinski definition) is 5. The predicted molar refractivity (Wildman–Crippen MR) is 118 cm³/mol. The lowest BCUT2D eigenvalue weighted by molar-refractivity contribution is 0.105. The van der Waals surface area contributed by atoms with Crippen LogP contribution in [0.1, 0.15) is 25.0 Å². The molecular formula is C21H16OS4. The van der Waals surface area contributed by atoms with E-state index in [1.54, 1.807) is 17.4 Å². The average Bonchev–Trinajstić information content (AvgIpc) is 3.39. The van der Waals surface area contributed by atoms with Gasteiger partial charge in [-0.15, -0.1) is 45.3 Å². The number of thiophene rings is 4. The van der Waals surface area contributed by atoms with Gasteiger partial charge in [0.25, 0.3) is 0 Å². The van der Waals surface area contributed by atoms with Crippen LogP contribution in [0.4, 0.5) is 0 Å². The highest BCUT2D eigenvalue weighted by Gasteiger charge is 2.11. The minimum atomic E-state index is 0.0682. The second-order valence-corrected chi connectivity index (χ2v) is 10.4. The second kappa shape index (κ2) is 7.45. The zero-order valence-electron chi connectivity index (χ0n) is 14.3. The summed E-state index contributed by atoms with van der Waals surface area (Å²) in [4.78, 5) is 20.7. The van der Waals surface area contributed by atoms with E-state index in [2.05, 4.69) is 44.2 Å². The Labute approximate surface area is 168 Å². The first kappa shape index (κ1) is 17.6. The van der Waals surface area contributed by atoms with E-state index in [1.807, 2.05) is 46.3 Å². The van der Waals surface area contributed by atoms with Crippen LogP contribution in [0.15, 0.2) is 53.9 Å². The van der Waals surface area contributed by atoms with Gasteiger partial charge in [0.05, 0.1) is 4.88 Å². The van der Waals surface area contributed by atoms with Crippen LogP contribution >= 0.6 is 45.3 Å². The first-order valence-electron chi connectivity index (χ1n) is 8.13. The maximum atomic E-state index is 12.2. The van der Waals surface area contributed by atoms with Crippen LogP contribution in [0.2, 0.25) is 0 Å². The molecule has 5 heteroatoms. The molecule has 4 aromatic rings. The van der Waals surface area contributed by atoms with Crippen molar-refractivity contribution in [2.75, 3.05) is 0 Å². The SMILES string of the molecule is Cc1ccc(-c2ccc(-c3cc(/C=C/C(=O)c4cccs4)c(C)s3)s2)s1. The van der Waals surface area contributed by atoms with E-state index in [0.717, 1.165) is 10.4 Å². The molecule has 0 aliphatic heterocycles. The minimum absolute atomic E-state index is 0.0682. The largest absolute Gasteiger partial charge is 0.288 e. The van der Waals surface area contributed by atoms with E-state index in [4.69, 9.17) is 0 Å². The third-order valence-electron chi connectivity index (χ3n) is 3.97. The molecule has 130 valence electrons. The summed E-state index contributed by atoms with van der Waals surface area (Å²) in [6.07, 6.45) is 3.62. The Balaban J connectivity index is 1.57. The minimum Gasteiger partial charge on any atom is -0.288 e. The maximum absolute atomic E-state index is 12.2. The van der Waals surface area contributed by atoms with Gasteiger partial charge in [0, 0.05) is 29.3 Å². The molecule has 26 heavy (non-hydrogen) atoms. The van der Waals surface area contributed by atoms with Crippen molar-refractivity contribution >= 4 is 57.2 Å². The summed E-state index contributed by atoms with van der Waals surface area (Å²) in [5.41, 5.74) is 1.12. The van der Waals surface area contributed by atoms with Crippen molar-refractivity contribution in [1.29, 1.82) is 0 Å². The number of carbonyl (C=O) groups excluding carboxylic acids is 1. The van der Waals surface area contributed by atoms with Gasteiger partial charge < -0.3 is 0 Å². The van der Waals surface area contributed by atoms with Gasteiger partial charge in [-0.05, 0) is 73.3 Å². The smallest absolute Gasteiger partial charge is 0.195 e. The zero-order chi connectivity index (χ0) is 18.1. The van der Waals surface area contributed by atoms with Crippen molar-refractivity contribution in [3.8, 4) is 19.5 Å². The molecule has 0 bridgehead atoms. The molecule has 1 nitrogen and oxygen atoms in total. The van der Waals surface area contributed by atoms with Gasteiger partial charge in [0.15, 0.2) is 5.78 Å². The molecule has 0 unspecified atom stereocenters. The summed E-state index contributed by atoms with van der Waals surface area (Å²) in [6, 6.07) is 14.7. The molecule has 0 N–H and O–H groups in total. The molecule has 4 aromatic heterocycles. The highest BCUT2D eigenvalue weighted by molar-refractivity contribution is 7.26. The first-order valence-corrected chi connectivity index (χ1v) is 11.5. The Bertz CT molecular complexity index is 1070. The third-order valence-corrected chi connectivity index (χ3v) is 8.39. The van der Waals surface area contributed by atoms with Crippen LogP contribution in [0.5, 0.6) is 0 Å². The molecule has 0 aromatic carbocycles. The Hall–Kier alpha value is -1.79. The van der Waals surface area contributed by atoms with Crippen LogP contribution in [0, 0.1) is 13.8 Å². The van der Waals surface area contributed by atoms with E-state index < -0.39 is 0 Å². The first-order chi connectivity index (χ1) is 12.6. The summed E-state index contributed by atoms with van der Waals surface area (Å²) in [7, 11) is 0. The molecule has 0 fully saturated rings. The monoisotopic (exact) mass is 412 g/mol. The zero-order valence-corrected chi connectivity index (χ0v) is 17.6. The Morgan fingerprint density at radius 3 is 2.31 bits per heavy atom. The van der Waals surface area contributed by atoms with Gasteiger partial charge in [-0.3, -0.25) is 4.79 Å². The molecular weight excluding hydrogens is 396 g/mol. The molecule has 0 saturated heterocycles. The summed E-state index contributed by atoms with van der Waals surface area (Å²) >= 11 is 6.93.